The first-order valence-corrected chi connectivity index (χ1v) is 4.87. The van der Waals surface area contributed by atoms with Crippen LogP contribution < -0.4 is 0 Å². The molecule has 0 aliphatic carbocycles. The molecule has 0 unspecified atom stereocenters. The third-order valence-corrected chi connectivity index (χ3v) is 2.01. The fourth-order valence-corrected chi connectivity index (χ4v) is 1.06. The van der Waals surface area contributed by atoms with Crippen molar-refractivity contribution in [1.82, 2.24) is 9.80 Å². The molecule has 0 rings (SSSR count). The van der Waals surface area contributed by atoms with E-state index in [-0.39, 0.29) is 0 Å². The number of hydrogen-bond acceptors (Lipinski definition) is 2. The molecule has 0 aliphatic rings. The summed E-state index contributed by atoms with van der Waals surface area (Å²) in [6.07, 6.45) is 2.57. The summed E-state index contributed by atoms with van der Waals surface area (Å²) in [4.78, 5) is 4.62. The zero-order valence-electron chi connectivity index (χ0n) is 8.84. The van der Waals surface area contributed by atoms with E-state index in [2.05, 4.69) is 37.7 Å². The van der Waals surface area contributed by atoms with Crippen LogP contribution in [-0.4, -0.2) is 50.1 Å². The summed E-state index contributed by atoms with van der Waals surface area (Å²) in [6.45, 7) is 10.6. The first-order valence-electron chi connectivity index (χ1n) is 4.87. The number of rotatable bonds is 7. The minimum Gasteiger partial charge on any atom is -0.308 e. The number of likely N-dealkylation sites (N-methyl/N-ethyl adjacent to an activating group) is 1. The van der Waals surface area contributed by atoms with E-state index in [1.54, 1.807) is 0 Å². The summed E-state index contributed by atoms with van der Waals surface area (Å²) < 4.78 is 0. The Labute approximate surface area is 77.5 Å². The van der Waals surface area contributed by atoms with E-state index in [9.17, 15) is 0 Å². The van der Waals surface area contributed by atoms with Crippen molar-refractivity contribution in [2.24, 2.45) is 0 Å². The molecule has 0 aliphatic heterocycles. The lowest BCUT2D eigenvalue weighted by atomic mass is 10.3. The Balaban J connectivity index is 3.39. The Hall–Kier alpha value is -0.0800. The summed E-state index contributed by atoms with van der Waals surface area (Å²) >= 11 is 0. The second-order valence-electron chi connectivity index (χ2n) is 3.50. The van der Waals surface area contributed by atoms with Crippen molar-refractivity contribution >= 4 is 0 Å². The molecule has 0 amide bonds. The SMILES string of the molecule is [CH2]CN(CCCC)CCN(C)C. The van der Waals surface area contributed by atoms with E-state index in [1.165, 1.54) is 19.4 Å². The van der Waals surface area contributed by atoms with Gasteiger partial charge in [-0.1, -0.05) is 13.3 Å². The summed E-state index contributed by atoms with van der Waals surface area (Å²) in [5.41, 5.74) is 0. The van der Waals surface area contributed by atoms with Gasteiger partial charge in [-0.2, -0.15) is 0 Å². The van der Waals surface area contributed by atoms with Crippen LogP contribution in [0.5, 0.6) is 0 Å². The minimum atomic E-state index is 0.938. The van der Waals surface area contributed by atoms with Crippen LogP contribution in [0.1, 0.15) is 19.8 Å². The van der Waals surface area contributed by atoms with Gasteiger partial charge in [0.15, 0.2) is 0 Å². The zero-order chi connectivity index (χ0) is 9.40. The Morgan fingerprint density at radius 3 is 2.17 bits per heavy atom. The summed E-state index contributed by atoms with van der Waals surface area (Å²) in [5, 5.41) is 0. The molecule has 0 spiro atoms. The molecule has 2 nitrogen and oxygen atoms in total. The predicted octanol–water partition coefficient (Wildman–Crippen LogP) is 1.48. The molecule has 0 fully saturated rings. The van der Waals surface area contributed by atoms with Crippen LogP contribution in [0, 0.1) is 6.92 Å². The molecule has 0 saturated carbocycles. The standard InChI is InChI=1S/C10H23N2/c1-5-7-8-12(6-2)10-9-11(3)4/h2,5-10H2,1,3-4H3. The number of nitrogens with zero attached hydrogens (tertiary/aromatic N) is 2. The number of unbranched alkanes of at least 4 members (excludes halogenated alkanes) is 1. The van der Waals surface area contributed by atoms with E-state index in [4.69, 9.17) is 0 Å². The highest BCUT2D eigenvalue weighted by atomic mass is 15.2. The maximum absolute atomic E-state index is 3.92. The number of hydrogen-bond donors (Lipinski definition) is 0. The molecule has 0 aromatic rings. The molecule has 2 heteroatoms. The Bertz CT molecular complexity index is 91.8. The van der Waals surface area contributed by atoms with E-state index in [0.717, 1.165) is 19.6 Å². The molecule has 0 bridgehead atoms. The Kier molecular flexibility index (Phi) is 7.51. The first kappa shape index (κ1) is 11.9. The molecule has 12 heavy (non-hydrogen) atoms. The van der Waals surface area contributed by atoms with Gasteiger partial charge in [0.25, 0.3) is 0 Å². The molecular weight excluding hydrogens is 148 g/mol. The van der Waals surface area contributed by atoms with Crippen molar-refractivity contribution in [3.8, 4) is 0 Å². The molecule has 0 aromatic carbocycles. The lowest BCUT2D eigenvalue weighted by Crippen LogP contribution is -2.32. The molecule has 0 heterocycles. The average Bonchev–Trinajstić information content (AvgIpc) is 2.05. The molecular formula is C10H23N2. The van der Waals surface area contributed by atoms with Crippen molar-refractivity contribution in [2.45, 2.75) is 19.8 Å². The highest BCUT2D eigenvalue weighted by Crippen LogP contribution is 1.94. The van der Waals surface area contributed by atoms with Gasteiger partial charge < -0.3 is 9.80 Å². The van der Waals surface area contributed by atoms with Gasteiger partial charge in [-0.25, -0.2) is 0 Å². The van der Waals surface area contributed by atoms with Crippen LogP contribution in [0.25, 0.3) is 0 Å². The van der Waals surface area contributed by atoms with Crippen molar-refractivity contribution < 1.29 is 0 Å². The van der Waals surface area contributed by atoms with Gasteiger partial charge in [-0.15, -0.1) is 0 Å². The minimum absolute atomic E-state index is 0.938. The van der Waals surface area contributed by atoms with E-state index in [0.29, 0.717) is 0 Å². The van der Waals surface area contributed by atoms with Gasteiger partial charge in [0, 0.05) is 13.1 Å². The maximum atomic E-state index is 3.92. The first-order chi connectivity index (χ1) is 5.70. The third kappa shape index (κ3) is 6.62. The lowest BCUT2D eigenvalue weighted by Gasteiger charge is -2.21. The Morgan fingerprint density at radius 2 is 1.75 bits per heavy atom. The van der Waals surface area contributed by atoms with Crippen LogP contribution in [0.15, 0.2) is 0 Å². The lowest BCUT2D eigenvalue weighted by molar-refractivity contribution is 0.257. The van der Waals surface area contributed by atoms with E-state index in [1.807, 2.05) is 0 Å². The van der Waals surface area contributed by atoms with Gasteiger partial charge in [-0.3, -0.25) is 0 Å². The second-order valence-corrected chi connectivity index (χ2v) is 3.50. The van der Waals surface area contributed by atoms with E-state index >= 15 is 0 Å². The van der Waals surface area contributed by atoms with Gasteiger partial charge in [0.1, 0.15) is 0 Å². The molecule has 0 aromatic heterocycles. The predicted molar refractivity (Wildman–Crippen MR) is 55.3 cm³/mol. The highest BCUT2D eigenvalue weighted by Gasteiger charge is 2.00. The van der Waals surface area contributed by atoms with Crippen LogP contribution in [0.3, 0.4) is 0 Å². The topological polar surface area (TPSA) is 6.48 Å². The van der Waals surface area contributed by atoms with Gasteiger partial charge >= 0.3 is 0 Å². The summed E-state index contributed by atoms with van der Waals surface area (Å²) in [5.74, 6) is 0. The van der Waals surface area contributed by atoms with E-state index < -0.39 is 0 Å². The van der Waals surface area contributed by atoms with Gasteiger partial charge in [-0.05, 0) is 40.5 Å². The van der Waals surface area contributed by atoms with Crippen molar-refractivity contribution in [3.05, 3.63) is 6.92 Å². The molecule has 1 radical (unpaired) electrons. The monoisotopic (exact) mass is 171 g/mol. The van der Waals surface area contributed by atoms with Gasteiger partial charge in [0.05, 0.1) is 0 Å². The molecule has 73 valence electrons. The molecule has 0 N–H and O–H groups in total. The molecule has 0 saturated heterocycles. The van der Waals surface area contributed by atoms with Gasteiger partial charge in [0.2, 0.25) is 0 Å². The van der Waals surface area contributed by atoms with Crippen LogP contribution in [0.2, 0.25) is 0 Å². The normalized spacial score (nSPS) is 11.5. The van der Waals surface area contributed by atoms with Crippen LogP contribution >= 0.6 is 0 Å². The van der Waals surface area contributed by atoms with Crippen molar-refractivity contribution in [3.63, 3.8) is 0 Å². The highest BCUT2D eigenvalue weighted by molar-refractivity contribution is 4.60. The fourth-order valence-electron chi connectivity index (χ4n) is 1.06. The third-order valence-electron chi connectivity index (χ3n) is 2.01. The smallest absolute Gasteiger partial charge is 0.0109 e. The van der Waals surface area contributed by atoms with Crippen LogP contribution in [0.4, 0.5) is 0 Å². The Morgan fingerprint density at radius 1 is 1.08 bits per heavy atom. The summed E-state index contributed by atoms with van der Waals surface area (Å²) in [7, 11) is 4.22. The molecule has 0 atom stereocenters. The van der Waals surface area contributed by atoms with Crippen molar-refractivity contribution in [2.75, 3.05) is 40.3 Å². The quantitative estimate of drug-likeness (QED) is 0.572. The summed E-state index contributed by atoms with van der Waals surface area (Å²) in [6, 6.07) is 0. The zero-order valence-corrected chi connectivity index (χ0v) is 8.84. The largest absolute Gasteiger partial charge is 0.308 e. The average molecular weight is 171 g/mol. The maximum Gasteiger partial charge on any atom is 0.0109 e. The second kappa shape index (κ2) is 7.56. The fraction of sp³-hybridized carbons (Fsp3) is 0.900. The van der Waals surface area contributed by atoms with Crippen LogP contribution in [-0.2, 0) is 0 Å². The van der Waals surface area contributed by atoms with Crippen molar-refractivity contribution in [1.29, 1.82) is 0 Å².